The molecule has 144 valence electrons. The number of carbonyl (C=O) groups excluding carboxylic acids is 1. The molecule has 2 aromatic carbocycles. The molecule has 0 spiro atoms. The zero-order chi connectivity index (χ0) is 20.3. The normalized spacial score (nSPS) is 18.4. The first-order valence-electron chi connectivity index (χ1n) is 8.59. The molecule has 1 aliphatic rings. The second-order valence-electron chi connectivity index (χ2n) is 6.44. The van der Waals surface area contributed by atoms with Crippen molar-refractivity contribution < 1.29 is 18.4 Å². The summed E-state index contributed by atoms with van der Waals surface area (Å²) in [5, 5.41) is 11.5. The van der Waals surface area contributed by atoms with E-state index in [1.165, 1.54) is 12.2 Å². The monoisotopic (exact) mass is 396 g/mol. The third kappa shape index (κ3) is 3.75. The van der Waals surface area contributed by atoms with Crippen molar-refractivity contribution in [1.29, 1.82) is 0 Å². The van der Waals surface area contributed by atoms with Crippen LogP contribution in [0.1, 0.15) is 6.92 Å². The highest BCUT2D eigenvalue weighted by Crippen LogP contribution is 2.30. The van der Waals surface area contributed by atoms with Gasteiger partial charge in [0.15, 0.2) is 9.84 Å². The van der Waals surface area contributed by atoms with Gasteiger partial charge in [-0.3, -0.25) is 9.69 Å². The van der Waals surface area contributed by atoms with Crippen LogP contribution in [0.3, 0.4) is 0 Å². The number of amides is 1. The van der Waals surface area contributed by atoms with E-state index in [-0.39, 0.29) is 17.2 Å². The van der Waals surface area contributed by atoms with Crippen LogP contribution in [0.15, 0.2) is 89.1 Å². The Hall–Kier alpha value is -3.19. The Morgan fingerprint density at radius 2 is 1.50 bits per heavy atom. The van der Waals surface area contributed by atoms with Gasteiger partial charge in [-0.05, 0) is 36.8 Å². The van der Waals surface area contributed by atoms with Gasteiger partial charge >= 0.3 is 0 Å². The first kappa shape index (κ1) is 19.6. The average molecular weight is 396 g/mol. The molecule has 0 fully saturated rings. The van der Waals surface area contributed by atoms with Gasteiger partial charge in [-0.2, -0.15) is 0 Å². The number of sulfone groups is 1. The van der Waals surface area contributed by atoms with Crippen LogP contribution in [-0.4, -0.2) is 36.7 Å². The Balaban J connectivity index is 2.11. The second kappa shape index (κ2) is 7.82. The van der Waals surface area contributed by atoms with Crippen molar-refractivity contribution >= 4 is 32.8 Å². The number of hydrogen-bond donors (Lipinski definition) is 1. The van der Waals surface area contributed by atoms with Gasteiger partial charge in [-0.25, -0.2) is 8.42 Å². The number of nitrogens with zero attached hydrogens (tertiary/aromatic N) is 2. The number of allylic oxidation sites excluding steroid dienone is 1. The molecule has 7 heteroatoms. The molecule has 0 aliphatic heterocycles. The van der Waals surface area contributed by atoms with Crippen molar-refractivity contribution in [3.8, 4) is 0 Å². The van der Waals surface area contributed by atoms with E-state index in [4.69, 9.17) is 0 Å². The molecule has 0 saturated carbocycles. The summed E-state index contributed by atoms with van der Waals surface area (Å²) >= 11 is 0. The molecular formula is C21H20N2O4S. The van der Waals surface area contributed by atoms with Gasteiger partial charge in [0.05, 0.1) is 0 Å². The van der Waals surface area contributed by atoms with Crippen molar-refractivity contribution in [2.45, 2.75) is 12.2 Å². The number of oxime groups is 1. The van der Waals surface area contributed by atoms with Crippen LogP contribution in [-0.2, 0) is 14.6 Å². The lowest BCUT2D eigenvalue weighted by molar-refractivity contribution is -0.114. The minimum atomic E-state index is -3.53. The van der Waals surface area contributed by atoms with Gasteiger partial charge in [0, 0.05) is 23.2 Å². The molecule has 28 heavy (non-hydrogen) atoms. The topological polar surface area (TPSA) is 87.0 Å². The number of hydrogen-bond acceptors (Lipinski definition) is 5. The molecule has 1 aliphatic carbocycles. The van der Waals surface area contributed by atoms with E-state index in [0.717, 1.165) is 6.26 Å². The summed E-state index contributed by atoms with van der Waals surface area (Å²) in [6, 6.07) is 18.3. The molecular weight excluding hydrogens is 376 g/mol. The summed E-state index contributed by atoms with van der Waals surface area (Å²) in [7, 11) is -3.53. The number of benzene rings is 2. The lowest BCUT2D eigenvalue weighted by atomic mass is 9.95. The summed E-state index contributed by atoms with van der Waals surface area (Å²) in [5.41, 5.74) is 1.87. The first-order chi connectivity index (χ1) is 13.3. The minimum Gasteiger partial charge on any atom is -0.411 e. The van der Waals surface area contributed by atoms with Crippen molar-refractivity contribution in [3.05, 3.63) is 84.0 Å². The predicted molar refractivity (Wildman–Crippen MR) is 110 cm³/mol. The summed E-state index contributed by atoms with van der Waals surface area (Å²) in [5.74, 6) is -0.348. The van der Waals surface area contributed by atoms with Crippen LogP contribution in [0.5, 0.6) is 0 Å². The fraction of sp³-hybridized carbons (Fsp3) is 0.143. The van der Waals surface area contributed by atoms with E-state index in [1.54, 1.807) is 11.8 Å². The average Bonchev–Trinajstić information content (AvgIpc) is 2.68. The second-order valence-corrected chi connectivity index (χ2v) is 8.61. The molecule has 2 aromatic rings. The maximum atomic E-state index is 13.5. The Labute approximate surface area is 164 Å². The molecule has 0 radical (unpaired) electrons. The number of anilines is 2. The largest absolute Gasteiger partial charge is 0.411 e. The van der Waals surface area contributed by atoms with E-state index in [9.17, 15) is 18.4 Å². The number of carbonyl (C=O) groups is 1. The Morgan fingerprint density at radius 1 is 1.00 bits per heavy atom. The molecule has 0 bridgehead atoms. The van der Waals surface area contributed by atoms with Gasteiger partial charge in [0.25, 0.3) is 5.91 Å². The van der Waals surface area contributed by atoms with Gasteiger partial charge in [0.2, 0.25) is 0 Å². The number of rotatable bonds is 4. The van der Waals surface area contributed by atoms with Gasteiger partial charge in [0.1, 0.15) is 11.0 Å². The van der Waals surface area contributed by atoms with Crippen LogP contribution in [0.2, 0.25) is 0 Å². The lowest BCUT2D eigenvalue weighted by Gasteiger charge is -2.27. The quantitative estimate of drug-likeness (QED) is 0.633. The number of para-hydroxylation sites is 2. The zero-order valence-electron chi connectivity index (χ0n) is 15.5. The highest BCUT2D eigenvalue weighted by atomic mass is 32.2. The van der Waals surface area contributed by atoms with E-state index >= 15 is 0 Å². The van der Waals surface area contributed by atoms with E-state index in [1.807, 2.05) is 60.7 Å². The minimum absolute atomic E-state index is 0.0468. The van der Waals surface area contributed by atoms with E-state index in [2.05, 4.69) is 5.16 Å². The van der Waals surface area contributed by atoms with Gasteiger partial charge in [-0.15, -0.1) is 0 Å². The fourth-order valence-corrected chi connectivity index (χ4v) is 4.11. The molecule has 0 saturated heterocycles. The maximum Gasteiger partial charge on any atom is 0.263 e. The van der Waals surface area contributed by atoms with Crippen LogP contribution in [0.25, 0.3) is 0 Å². The zero-order valence-corrected chi connectivity index (χ0v) is 16.3. The Bertz CT molecular complexity index is 1030. The van der Waals surface area contributed by atoms with Crippen LogP contribution in [0, 0.1) is 0 Å². The van der Waals surface area contributed by atoms with Gasteiger partial charge in [-0.1, -0.05) is 53.7 Å². The maximum absolute atomic E-state index is 13.5. The standard InChI is InChI=1S/C21H20N2O4S/c1-15-18(13-14-19(20(15)22-25)28(2,26)27)21(24)23(16-9-5-3-6-10-16)17-11-7-4-8-12-17/h3-14,19,25H,1-2H3. The first-order valence-corrected chi connectivity index (χ1v) is 10.5. The SMILES string of the molecule is CC1=C(C(=O)N(c2ccccc2)c2ccccc2)C=CC(S(C)(=O)=O)C1=NO. The molecule has 6 nitrogen and oxygen atoms in total. The van der Waals surface area contributed by atoms with Crippen LogP contribution >= 0.6 is 0 Å². The highest BCUT2D eigenvalue weighted by molar-refractivity contribution is 7.92. The molecule has 3 rings (SSSR count). The van der Waals surface area contributed by atoms with Crippen LogP contribution in [0.4, 0.5) is 11.4 Å². The van der Waals surface area contributed by atoms with Crippen molar-refractivity contribution in [2.75, 3.05) is 11.2 Å². The van der Waals surface area contributed by atoms with Crippen molar-refractivity contribution in [1.82, 2.24) is 0 Å². The molecule has 0 aromatic heterocycles. The van der Waals surface area contributed by atoms with Crippen molar-refractivity contribution in [2.24, 2.45) is 5.16 Å². The Kier molecular flexibility index (Phi) is 5.46. The van der Waals surface area contributed by atoms with E-state index in [0.29, 0.717) is 16.9 Å². The lowest BCUT2D eigenvalue weighted by Crippen LogP contribution is -2.35. The summed E-state index contributed by atoms with van der Waals surface area (Å²) in [6.45, 7) is 1.58. The van der Waals surface area contributed by atoms with Crippen LogP contribution < -0.4 is 4.90 Å². The smallest absolute Gasteiger partial charge is 0.263 e. The Morgan fingerprint density at radius 3 is 1.93 bits per heavy atom. The molecule has 1 amide bonds. The molecule has 1 N–H and O–H groups in total. The predicted octanol–water partition coefficient (Wildman–Crippen LogP) is 3.48. The van der Waals surface area contributed by atoms with Gasteiger partial charge < -0.3 is 5.21 Å². The highest BCUT2D eigenvalue weighted by Gasteiger charge is 2.33. The van der Waals surface area contributed by atoms with E-state index < -0.39 is 15.1 Å². The third-order valence-electron chi connectivity index (χ3n) is 4.53. The molecule has 1 unspecified atom stereocenters. The molecule has 1 atom stereocenters. The third-order valence-corrected chi connectivity index (χ3v) is 5.83. The summed E-state index contributed by atoms with van der Waals surface area (Å²) in [6.07, 6.45) is 3.92. The summed E-state index contributed by atoms with van der Waals surface area (Å²) in [4.78, 5) is 15.0. The molecule has 0 heterocycles. The fourth-order valence-electron chi connectivity index (χ4n) is 3.12. The van der Waals surface area contributed by atoms with Crippen molar-refractivity contribution in [3.63, 3.8) is 0 Å². The summed E-state index contributed by atoms with van der Waals surface area (Å²) < 4.78 is 24.0.